The zero-order chi connectivity index (χ0) is 11.0. The Bertz CT molecular complexity index is 274. The molecular weight excluding hydrogens is 174 g/mol. The Morgan fingerprint density at radius 2 is 1.93 bits per heavy atom. The molecule has 0 aliphatic carbocycles. The van der Waals surface area contributed by atoms with Gasteiger partial charge in [0.2, 0.25) is 5.95 Å². The van der Waals surface area contributed by atoms with Crippen LogP contribution < -0.4 is 5.32 Å². The van der Waals surface area contributed by atoms with Gasteiger partial charge in [0.05, 0.1) is 5.69 Å². The van der Waals surface area contributed by atoms with E-state index in [-0.39, 0.29) is 0 Å². The van der Waals surface area contributed by atoms with Crippen molar-refractivity contribution in [3.05, 3.63) is 18.0 Å². The molecule has 0 fully saturated rings. The molecule has 1 aliphatic heterocycles. The van der Waals surface area contributed by atoms with Crippen molar-refractivity contribution in [1.29, 1.82) is 0 Å². The molecule has 2 rings (SSSR count). The molecule has 80 valence electrons. The molecule has 0 saturated heterocycles. The van der Waals surface area contributed by atoms with Gasteiger partial charge < -0.3 is 5.32 Å². The number of aromatic nitrogens is 2. The second-order valence-electron chi connectivity index (χ2n) is 2.38. The standard InChI is InChI=1S/C7H9N3.2C2H6/c1-6-5-10-4-2-3-8-7(10)9-6;2*1-2/h2,4-5H,3H2,1H3,(H,8,9);2*1-2H3. The molecule has 1 aromatic heterocycles. The minimum atomic E-state index is 0.885. The molecule has 3 nitrogen and oxygen atoms in total. The Kier molecular flexibility index (Phi) is 6.54. The minimum Gasteiger partial charge on any atom is -0.352 e. The summed E-state index contributed by atoms with van der Waals surface area (Å²) in [6.07, 6.45) is 6.08. The predicted octanol–water partition coefficient (Wildman–Crippen LogP) is 3.14. The lowest BCUT2D eigenvalue weighted by molar-refractivity contribution is 1.06. The van der Waals surface area contributed by atoms with E-state index in [1.165, 1.54) is 0 Å². The van der Waals surface area contributed by atoms with Gasteiger partial charge in [-0.05, 0) is 13.0 Å². The van der Waals surface area contributed by atoms with Crippen molar-refractivity contribution >= 4 is 12.1 Å². The fraction of sp³-hybridized carbons (Fsp3) is 0.545. The van der Waals surface area contributed by atoms with Crippen LogP contribution >= 0.6 is 0 Å². The molecule has 3 heteroatoms. The quantitative estimate of drug-likeness (QED) is 0.689. The van der Waals surface area contributed by atoms with Gasteiger partial charge in [-0.2, -0.15) is 0 Å². The largest absolute Gasteiger partial charge is 0.352 e. The highest BCUT2D eigenvalue weighted by Crippen LogP contribution is 2.11. The zero-order valence-corrected chi connectivity index (χ0v) is 9.83. The molecule has 0 amide bonds. The van der Waals surface area contributed by atoms with Gasteiger partial charge >= 0.3 is 0 Å². The lowest BCUT2D eigenvalue weighted by atomic mass is 10.5. The number of imidazole rings is 1. The smallest absolute Gasteiger partial charge is 0.207 e. The molecule has 0 bridgehead atoms. The van der Waals surface area contributed by atoms with Crippen LogP contribution in [0.2, 0.25) is 0 Å². The van der Waals surface area contributed by atoms with E-state index in [4.69, 9.17) is 0 Å². The van der Waals surface area contributed by atoms with Crippen molar-refractivity contribution < 1.29 is 0 Å². The average Bonchev–Trinajstić information content (AvgIpc) is 2.64. The SMILES string of the molecule is CC.CC.Cc1cn2c(n1)NCC=C2. The molecule has 0 unspecified atom stereocenters. The van der Waals surface area contributed by atoms with E-state index < -0.39 is 0 Å². The van der Waals surface area contributed by atoms with Crippen LogP contribution in [-0.4, -0.2) is 16.1 Å². The Morgan fingerprint density at radius 3 is 2.50 bits per heavy atom. The molecule has 1 aromatic rings. The number of nitrogens with one attached hydrogen (secondary N) is 1. The van der Waals surface area contributed by atoms with Gasteiger partial charge in [0, 0.05) is 18.9 Å². The first kappa shape index (κ1) is 12.8. The number of rotatable bonds is 0. The molecule has 0 radical (unpaired) electrons. The lowest BCUT2D eigenvalue weighted by Gasteiger charge is -2.07. The summed E-state index contributed by atoms with van der Waals surface area (Å²) in [5.41, 5.74) is 1.05. The Balaban J connectivity index is 0.000000379. The normalized spacial score (nSPS) is 11.2. The number of hydrogen-bond acceptors (Lipinski definition) is 2. The molecule has 0 saturated carbocycles. The van der Waals surface area contributed by atoms with Crippen LogP contribution in [0.3, 0.4) is 0 Å². The molecular formula is C11H21N3. The van der Waals surface area contributed by atoms with E-state index in [1.807, 2.05) is 51.6 Å². The molecule has 1 N–H and O–H groups in total. The van der Waals surface area contributed by atoms with Gasteiger partial charge in [-0.25, -0.2) is 4.98 Å². The van der Waals surface area contributed by atoms with E-state index in [9.17, 15) is 0 Å². The summed E-state index contributed by atoms with van der Waals surface area (Å²) in [7, 11) is 0. The van der Waals surface area contributed by atoms with E-state index in [1.54, 1.807) is 0 Å². The molecule has 2 heterocycles. The van der Waals surface area contributed by atoms with Gasteiger partial charge in [-0.15, -0.1) is 0 Å². The number of anilines is 1. The first-order valence-electron chi connectivity index (χ1n) is 5.32. The molecule has 14 heavy (non-hydrogen) atoms. The Morgan fingerprint density at radius 1 is 1.29 bits per heavy atom. The monoisotopic (exact) mass is 195 g/mol. The molecule has 0 spiro atoms. The number of nitrogens with zero attached hydrogens (tertiary/aromatic N) is 2. The van der Waals surface area contributed by atoms with Crippen LogP contribution in [-0.2, 0) is 0 Å². The Hall–Kier alpha value is -1.25. The van der Waals surface area contributed by atoms with Crippen molar-refractivity contribution in [2.45, 2.75) is 34.6 Å². The number of hydrogen-bond donors (Lipinski definition) is 1. The molecule has 0 aromatic carbocycles. The van der Waals surface area contributed by atoms with Gasteiger partial charge in [0.25, 0.3) is 0 Å². The van der Waals surface area contributed by atoms with Gasteiger partial charge in [0.1, 0.15) is 0 Å². The van der Waals surface area contributed by atoms with Crippen molar-refractivity contribution in [2.24, 2.45) is 0 Å². The van der Waals surface area contributed by atoms with Crippen LogP contribution in [0.25, 0.3) is 6.20 Å². The molecule has 0 atom stereocenters. The van der Waals surface area contributed by atoms with Crippen molar-refractivity contribution in [3.63, 3.8) is 0 Å². The highest BCUT2D eigenvalue weighted by molar-refractivity contribution is 5.45. The third-order valence-corrected chi connectivity index (χ3v) is 1.50. The van der Waals surface area contributed by atoms with Gasteiger partial charge in [0.15, 0.2) is 0 Å². The second kappa shape index (κ2) is 7.18. The summed E-state index contributed by atoms with van der Waals surface area (Å²) in [6, 6.07) is 0. The first-order valence-corrected chi connectivity index (χ1v) is 5.32. The second-order valence-corrected chi connectivity index (χ2v) is 2.38. The van der Waals surface area contributed by atoms with E-state index in [0.717, 1.165) is 18.2 Å². The predicted molar refractivity (Wildman–Crippen MR) is 63.5 cm³/mol. The van der Waals surface area contributed by atoms with Crippen molar-refractivity contribution in [3.8, 4) is 0 Å². The highest BCUT2D eigenvalue weighted by Gasteiger charge is 2.03. The zero-order valence-electron chi connectivity index (χ0n) is 9.83. The van der Waals surface area contributed by atoms with Crippen LogP contribution in [0, 0.1) is 6.92 Å². The summed E-state index contributed by atoms with van der Waals surface area (Å²) >= 11 is 0. The van der Waals surface area contributed by atoms with Crippen LogP contribution in [0.4, 0.5) is 5.95 Å². The summed E-state index contributed by atoms with van der Waals surface area (Å²) in [5.74, 6) is 0.944. The van der Waals surface area contributed by atoms with Crippen LogP contribution in [0.1, 0.15) is 33.4 Å². The number of fused-ring (bicyclic) bond motifs is 1. The fourth-order valence-corrected chi connectivity index (χ4v) is 1.08. The Labute approximate surface area is 86.9 Å². The van der Waals surface area contributed by atoms with Crippen molar-refractivity contribution in [2.75, 3.05) is 11.9 Å². The average molecular weight is 195 g/mol. The minimum absolute atomic E-state index is 0.885. The van der Waals surface area contributed by atoms with E-state index >= 15 is 0 Å². The van der Waals surface area contributed by atoms with Crippen LogP contribution in [0.15, 0.2) is 12.3 Å². The third-order valence-electron chi connectivity index (χ3n) is 1.50. The summed E-state index contributed by atoms with van der Waals surface area (Å²) < 4.78 is 1.98. The van der Waals surface area contributed by atoms with Gasteiger partial charge in [-0.1, -0.05) is 27.7 Å². The summed E-state index contributed by atoms with van der Waals surface area (Å²) in [5, 5.41) is 3.15. The maximum atomic E-state index is 4.25. The third kappa shape index (κ3) is 3.24. The highest BCUT2D eigenvalue weighted by atomic mass is 15.2. The fourth-order valence-electron chi connectivity index (χ4n) is 1.08. The summed E-state index contributed by atoms with van der Waals surface area (Å²) in [4.78, 5) is 4.25. The van der Waals surface area contributed by atoms with E-state index in [0.29, 0.717) is 0 Å². The lowest BCUT2D eigenvalue weighted by Crippen LogP contribution is -2.07. The maximum absolute atomic E-state index is 4.25. The van der Waals surface area contributed by atoms with Crippen molar-refractivity contribution in [1.82, 2.24) is 9.55 Å². The maximum Gasteiger partial charge on any atom is 0.207 e. The molecule has 1 aliphatic rings. The van der Waals surface area contributed by atoms with E-state index in [2.05, 4.69) is 16.4 Å². The van der Waals surface area contributed by atoms with Gasteiger partial charge in [-0.3, -0.25) is 4.57 Å². The first-order chi connectivity index (χ1) is 6.86. The topological polar surface area (TPSA) is 29.9 Å². The van der Waals surface area contributed by atoms with Crippen LogP contribution in [0.5, 0.6) is 0 Å². The summed E-state index contributed by atoms with van der Waals surface area (Å²) in [6.45, 7) is 10.9. The number of aryl methyl sites for hydroxylation is 1.